The fraction of sp³-hybridized carbons (Fsp3) is 0.278. The summed E-state index contributed by atoms with van der Waals surface area (Å²) in [6.07, 6.45) is 0. The fourth-order valence-corrected chi connectivity index (χ4v) is 2.80. The van der Waals surface area contributed by atoms with E-state index in [1.165, 1.54) is 12.1 Å². The number of Topliss-reactive ketones (excluding diaryl/α,β-unsaturated/α-hetero) is 1. The maximum absolute atomic E-state index is 13.7. The van der Waals surface area contributed by atoms with Gasteiger partial charge >= 0.3 is 11.9 Å². The second-order valence-corrected chi connectivity index (χ2v) is 5.85. The number of aromatic amines is 1. The first kappa shape index (κ1) is 19.7. The van der Waals surface area contributed by atoms with Crippen molar-refractivity contribution in [3.05, 3.63) is 57.1 Å². The highest BCUT2D eigenvalue weighted by molar-refractivity contribution is 6.33. The molecule has 0 radical (unpaired) electrons. The summed E-state index contributed by atoms with van der Waals surface area (Å²) in [4.78, 5) is 39.5. The summed E-state index contributed by atoms with van der Waals surface area (Å²) in [6, 6.07) is 3.74. The Kier molecular flexibility index (Phi) is 6.15. The van der Waals surface area contributed by atoms with Gasteiger partial charge in [0.2, 0.25) is 5.78 Å². The summed E-state index contributed by atoms with van der Waals surface area (Å²) < 4.78 is 23.6. The van der Waals surface area contributed by atoms with Gasteiger partial charge in [0.05, 0.1) is 22.8 Å². The third-order valence-electron chi connectivity index (χ3n) is 3.63. The molecular formula is C18H17ClFNO5. The number of esters is 2. The number of rotatable bonds is 6. The summed E-state index contributed by atoms with van der Waals surface area (Å²) in [5, 5.41) is -0.122. The van der Waals surface area contributed by atoms with Crippen molar-refractivity contribution in [1.82, 2.24) is 4.98 Å². The van der Waals surface area contributed by atoms with Crippen LogP contribution in [0, 0.1) is 19.7 Å². The Morgan fingerprint density at radius 2 is 1.65 bits per heavy atom. The number of ether oxygens (including phenoxy) is 2. The molecule has 6 nitrogen and oxygen atoms in total. The van der Waals surface area contributed by atoms with Gasteiger partial charge in [0.25, 0.3) is 0 Å². The maximum atomic E-state index is 13.7. The lowest BCUT2D eigenvalue weighted by Gasteiger charge is -2.08. The number of hydrogen-bond acceptors (Lipinski definition) is 5. The lowest BCUT2D eigenvalue weighted by Crippen LogP contribution is -2.19. The molecule has 0 bridgehead atoms. The maximum Gasteiger partial charge on any atom is 0.343 e. The van der Waals surface area contributed by atoms with Gasteiger partial charge < -0.3 is 14.5 Å². The number of hydrogen-bond donors (Lipinski definition) is 1. The molecule has 0 unspecified atom stereocenters. The predicted molar refractivity (Wildman–Crippen MR) is 92.2 cm³/mol. The van der Waals surface area contributed by atoms with Gasteiger partial charge in [-0.1, -0.05) is 17.7 Å². The number of carbonyl (C=O) groups excluding carboxylic acids is 3. The van der Waals surface area contributed by atoms with Crippen LogP contribution in [0.5, 0.6) is 0 Å². The lowest BCUT2D eigenvalue weighted by molar-refractivity contribution is 0.0468. The molecule has 0 aliphatic carbocycles. The van der Waals surface area contributed by atoms with Crippen LogP contribution in [0.15, 0.2) is 18.2 Å². The van der Waals surface area contributed by atoms with Crippen LogP contribution < -0.4 is 0 Å². The zero-order chi connectivity index (χ0) is 19.4. The first-order valence-corrected chi connectivity index (χ1v) is 8.16. The molecule has 2 rings (SSSR count). The number of aryl methyl sites for hydroxylation is 2. The van der Waals surface area contributed by atoms with Gasteiger partial charge in [-0.2, -0.15) is 0 Å². The molecule has 0 aliphatic heterocycles. The van der Waals surface area contributed by atoms with Crippen LogP contribution >= 0.6 is 11.6 Å². The van der Waals surface area contributed by atoms with Crippen molar-refractivity contribution in [2.24, 2.45) is 0 Å². The van der Waals surface area contributed by atoms with Gasteiger partial charge in [0.15, 0.2) is 6.61 Å². The molecule has 0 atom stereocenters. The monoisotopic (exact) mass is 381 g/mol. The summed E-state index contributed by atoms with van der Waals surface area (Å²) in [6.45, 7) is 4.36. The van der Waals surface area contributed by atoms with E-state index in [-0.39, 0.29) is 22.8 Å². The Labute approximate surface area is 154 Å². The minimum Gasteiger partial charge on any atom is -0.462 e. The molecule has 0 aliphatic rings. The van der Waals surface area contributed by atoms with Crippen molar-refractivity contribution in [1.29, 1.82) is 0 Å². The summed E-state index contributed by atoms with van der Waals surface area (Å²) in [5.74, 6) is -3.18. The number of carbonyl (C=O) groups is 3. The van der Waals surface area contributed by atoms with Crippen molar-refractivity contribution in [3.8, 4) is 0 Å². The Balaban J connectivity index is 2.21. The van der Waals surface area contributed by atoms with Crippen LogP contribution in [0.1, 0.15) is 49.4 Å². The van der Waals surface area contributed by atoms with Crippen molar-refractivity contribution in [3.63, 3.8) is 0 Å². The van der Waals surface area contributed by atoms with Crippen LogP contribution in [-0.4, -0.2) is 35.9 Å². The van der Waals surface area contributed by atoms with E-state index < -0.39 is 35.7 Å². The van der Waals surface area contributed by atoms with Gasteiger partial charge in [-0.3, -0.25) is 4.79 Å². The second kappa shape index (κ2) is 8.14. The molecule has 138 valence electrons. The Morgan fingerprint density at radius 3 is 2.27 bits per heavy atom. The van der Waals surface area contributed by atoms with E-state index in [0.29, 0.717) is 11.4 Å². The molecule has 0 saturated heterocycles. The van der Waals surface area contributed by atoms with Crippen molar-refractivity contribution >= 4 is 29.3 Å². The third kappa shape index (κ3) is 3.94. The summed E-state index contributed by atoms with van der Waals surface area (Å²) in [5.41, 5.74) is 0.626. The number of benzene rings is 1. The van der Waals surface area contributed by atoms with E-state index in [1.54, 1.807) is 20.8 Å². The van der Waals surface area contributed by atoms with Crippen LogP contribution in [0.4, 0.5) is 4.39 Å². The van der Waals surface area contributed by atoms with Gasteiger partial charge in [0.1, 0.15) is 11.4 Å². The van der Waals surface area contributed by atoms with Crippen molar-refractivity contribution < 1.29 is 28.2 Å². The smallest absolute Gasteiger partial charge is 0.343 e. The zero-order valence-electron chi connectivity index (χ0n) is 14.4. The highest BCUT2D eigenvalue weighted by Gasteiger charge is 2.26. The molecule has 0 fully saturated rings. The van der Waals surface area contributed by atoms with Crippen molar-refractivity contribution in [2.45, 2.75) is 20.8 Å². The predicted octanol–water partition coefficient (Wildman–Crippen LogP) is 3.64. The highest BCUT2D eigenvalue weighted by Crippen LogP contribution is 2.22. The molecule has 8 heteroatoms. The minimum absolute atomic E-state index is 0.0772. The number of halogens is 2. The topological polar surface area (TPSA) is 85.5 Å². The molecule has 1 aromatic carbocycles. The average molecular weight is 382 g/mol. The number of H-pyrrole nitrogens is 1. The van der Waals surface area contributed by atoms with E-state index >= 15 is 0 Å². The SMILES string of the molecule is CCOC(=O)c1c(C)[nH]c(C)c1C(=O)COC(=O)c1c(F)cccc1Cl. The molecule has 0 saturated carbocycles. The number of ketones is 1. The molecule has 1 heterocycles. The van der Waals surface area contributed by atoms with Gasteiger partial charge in [0, 0.05) is 11.4 Å². The first-order valence-electron chi connectivity index (χ1n) is 7.78. The summed E-state index contributed by atoms with van der Waals surface area (Å²) >= 11 is 5.79. The number of nitrogens with one attached hydrogen (secondary N) is 1. The van der Waals surface area contributed by atoms with Crippen LogP contribution in [0.2, 0.25) is 5.02 Å². The van der Waals surface area contributed by atoms with Crippen LogP contribution in [-0.2, 0) is 9.47 Å². The average Bonchev–Trinajstić information content (AvgIpc) is 2.87. The molecular weight excluding hydrogens is 365 g/mol. The third-order valence-corrected chi connectivity index (χ3v) is 3.95. The fourth-order valence-electron chi connectivity index (χ4n) is 2.56. The summed E-state index contributed by atoms with van der Waals surface area (Å²) in [7, 11) is 0. The Morgan fingerprint density at radius 1 is 1.04 bits per heavy atom. The van der Waals surface area contributed by atoms with E-state index in [2.05, 4.69) is 4.98 Å². The molecule has 1 N–H and O–H groups in total. The van der Waals surface area contributed by atoms with Crippen LogP contribution in [0.3, 0.4) is 0 Å². The quantitative estimate of drug-likeness (QED) is 0.610. The molecule has 26 heavy (non-hydrogen) atoms. The highest BCUT2D eigenvalue weighted by atomic mass is 35.5. The molecule has 2 aromatic rings. The standard InChI is InChI=1S/C18H17ClFNO5/c1-4-25-17(23)15-10(3)21-9(2)14(15)13(22)8-26-18(24)16-11(19)6-5-7-12(16)20/h5-7,21H,4,8H2,1-3H3. The first-order chi connectivity index (χ1) is 12.3. The molecule has 0 spiro atoms. The molecule has 0 amide bonds. The second-order valence-electron chi connectivity index (χ2n) is 5.44. The van der Waals surface area contributed by atoms with Gasteiger partial charge in [-0.15, -0.1) is 0 Å². The zero-order valence-corrected chi connectivity index (χ0v) is 15.2. The van der Waals surface area contributed by atoms with E-state index in [4.69, 9.17) is 21.1 Å². The normalized spacial score (nSPS) is 10.5. The largest absolute Gasteiger partial charge is 0.462 e. The van der Waals surface area contributed by atoms with Crippen molar-refractivity contribution in [2.75, 3.05) is 13.2 Å². The lowest BCUT2D eigenvalue weighted by atomic mass is 10.1. The number of aromatic nitrogens is 1. The van der Waals surface area contributed by atoms with Crippen LogP contribution in [0.25, 0.3) is 0 Å². The van der Waals surface area contributed by atoms with E-state index in [1.807, 2.05) is 0 Å². The Hall–Kier alpha value is -2.67. The van der Waals surface area contributed by atoms with Gasteiger partial charge in [-0.05, 0) is 32.9 Å². The minimum atomic E-state index is -1.07. The molecule has 1 aromatic heterocycles. The van der Waals surface area contributed by atoms with E-state index in [0.717, 1.165) is 6.07 Å². The Bertz CT molecular complexity index is 854. The van der Waals surface area contributed by atoms with Gasteiger partial charge in [-0.25, -0.2) is 14.0 Å². The van der Waals surface area contributed by atoms with E-state index in [9.17, 15) is 18.8 Å².